The number of amides is 7. The van der Waals surface area contributed by atoms with Crippen LogP contribution in [-0.4, -0.2) is 353 Å². The van der Waals surface area contributed by atoms with E-state index in [1.54, 1.807) is 0 Å². The molecule has 37 heteroatoms. The fourth-order valence-corrected chi connectivity index (χ4v) is 10.3. The number of carbonyl (C=O) groups excluding carboxylic acids is 8. The van der Waals surface area contributed by atoms with Crippen molar-refractivity contribution in [2.75, 3.05) is 112 Å². The SMILES string of the molecule is CCCC(=O)CCCCCNC(=O)CN(CC(=O)NCCO[C@@H]1O[C@@H](C)[C@@H](O)[C@@H](O)[C@@H]1O)CC(=O)NCCO[C@@H]1O[C@@H](C)[C@@H](O)[C@@H](O)[C@@H]1O.CCNC(=O)CCCCCNC(=O)CN(CC(=O)NCCO[C@@H]1O[C@@H](C)[C@@H](O)[C@@H](O)[C@@H]1O)CC(=O)NCCO[C@@H]1O[C@@H](C)[C@@H](O)[C@@H](O)[C@@H]1O. The number of hydrogen-bond donors (Lipinski definition) is 19. The lowest BCUT2D eigenvalue weighted by Crippen LogP contribution is -2.57. The largest absolute Gasteiger partial charge is 0.388 e. The van der Waals surface area contributed by atoms with E-state index in [0.29, 0.717) is 58.2 Å². The molecule has 37 nitrogen and oxygen atoms in total. The van der Waals surface area contributed by atoms with Crippen LogP contribution in [0.2, 0.25) is 0 Å². The van der Waals surface area contributed by atoms with E-state index in [0.717, 1.165) is 25.7 Å². The van der Waals surface area contributed by atoms with E-state index in [2.05, 4.69) is 37.2 Å². The molecule has 7 amide bonds. The summed E-state index contributed by atoms with van der Waals surface area (Å²) in [6, 6.07) is 0. The van der Waals surface area contributed by atoms with Gasteiger partial charge in [0.15, 0.2) is 25.2 Å². The first-order chi connectivity index (χ1) is 46.5. The molecule has 4 aliphatic heterocycles. The van der Waals surface area contributed by atoms with Gasteiger partial charge in [-0.15, -0.1) is 0 Å². The lowest BCUT2D eigenvalue weighted by atomic mass is 10.0. The number of Topliss-reactive ketones (excluding diaryl/α,β-unsaturated/α-hetero) is 1. The monoisotopic (exact) mass is 1420 g/mol. The summed E-state index contributed by atoms with van der Waals surface area (Å²) in [6.07, 6.45) is -18.6. The van der Waals surface area contributed by atoms with Crippen LogP contribution in [0.15, 0.2) is 0 Å². The van der Waals surface area contributed by atoms with Crippen molar-refractivity contribution in [3.05, 3.63) is 0 Å². The number of ketones is 1. The highest BCUT2D eigenvalue weighted by atomic mass is 16.7. The maximum Gasteiger partial charge on any atom is 0.234 e. The zero-order valence-corrected chi connectivity index (χ0v) is 56.9. The maximum absolute atomic E-state index is 12.7. The van der Waals surface area contributed by atoms with E-state index in [9.17, 15) is 99.6 Å². The van der Waals surface area contributed by atoms with Crippen LogP contribution >= 0.6 is 0 Å². The van der Waals surface area contributed by atoms with Crippen molar-refractivity contribution in [3.8, 4) is 0 Å². The Morgan fingerprint density at radius 2 is 0.561 bits per heavy atom. The minimum absolute atomic E-state index is 0.0256. The van der Waals surface area contributed by atoms with Gasteiger partial charge in [0.2, 0.25) is 41.4 Å². The van der Waals surface area contributed by atoms with E-state index in [1.807, 2.05) is 13.8 Å². The second-order valence-electron chi connectivity index (χ2n) is 24.5. The third kappa shape index (κ3) is 32.4. The van der Waals surface area contributed by atoms with Crippen molar-refractivity contribution < 1.29 is 138 Å². The van der Waals surface area contributed by atoms with E-state index in [-0.39, 0.29) is 104 Å². The number of ether oxygens (including phenoxy) is 8. The molecule has 0 aliphatic carbocycles. The average Bonchev–Trinajstić information content (AvgIpc) is 3.03. The lowest BCUT2D eigenvalue weighted by molar-refractivity contribution is -0.292. The molecule has 4 heterocycles. The third-order valence-electron chi connectivity index (χ3n) is 16.0. The Bertz CT molecular complexity index is 2100. The summed E-state index contributed by atoms with van der Waals surface area (Å²) >= 11 is 0. The van der Waals surface area contributed by atoms with Crippen LogP contribution in [0.3, 0.4) is 0 Å². The van der Waals surface area contributed by atoms with Gasteiger partial charge in [0, 0.05) is 65.1 Å². The molecular formula is C61H111N9O28. The summed E-state index contributed by atoms with van der Waals surface area (Å²) in [5.74, 6) is -2.78. The molecule has 0 spiro atoms. The highest BCUT2D eigenvalue weighted by molar-refractivity contribution is 5.85. The predicted molar refractivity (Wildman–Crippen MR) is 340 cm³/mol. The van der Waals surface area contributed by atoms with Gasteiger partial charge in [0.1, 0.15) is 79.0 Å². The zero-order valence-electron chi connectivity index (χ0n) is 56.9. The van der Waals surface area contributed by atoms with Crippen LogP contribution in [0.5, 0.6) is 0 Å². The summed E-state index contributed by atoms with van der Waals surface area (Å²) in [5, 5.41) is 138. The lowest BCUT2D eigenvalue weighted by Gasteiger charge is -2.38. The minimum Gasteiger partial charge on any atom is -0.388 e. The fourth-order valence-electron chi connectivity index (χ4n) is 10.3. The number of hydrogen-bond acceptors (Lipinski definition) is 30. The molecule has 0 bridgehead atoms. The zero-order chi connectivity index (χ0) is 73.0. The van der Waals surface area contributed by atoms with Gasteiger partial charge >= 0.3 is 0 Å². The predicted octanol–water partition coefficient (Wildman–Crippen LogP) is -8.72. The Morgan fingerprint density at radius 1 is 0.306 bits per heavy atom. The van der Waals surface area contributed by atoms with Crippen LogP contribution < -0.4 is 37.2 Å². The number of rotatable bonds is 43. The first-order valence-corrected chi connectivity index (χ1v) is 33.6. The third-order valence-corrected chi connectivity index (χ3v) is 16.0. The second kappa shape index (κ2) is 47.3. The molecule has 4 rings (SSSR count). The number of nitrogens with one attached hydrogen (secondary N) is 7. The molecule has 0 aromatic heterocycles. The van der Waals surface area contributed by atoms with Crippen molar-refractivity contribution in [3.63, 3.8) is 0 Å². The maximum atomic E-state index is 12.7. The van der Waals surface area contributed by atoms with Gasteiger partial charge < -0.3 is 136 Å². The molecule has 0 saturated carbocycles. The number of carbonyl (C=O) groups is 8. The van der Waals surface area contributed by atoms with Crippen LogP contribution in [0, 0.1) is 0 Å². The van der Waals surface area contributed by atoms with Gasteiger partial charge in [-0.2, -0.15) is 0 Å². The van der Waals surface area contributed by atoms with E-state index < -0.39 is 158 Å². The Morgan fingerprint density at radius 3 is 0.816 bits per heavy atom. The summed E-state index contributed by atoms with van der Waals surface area (Å²) in [7, 11) is 0. The normalized spacial score (nSPS) is 30.1. The van der Waals surface area contributed by atoms with Gasteiger partial charge in [-0.05, 0) is 66.7 Å². The molecule has 0 radical (unpaired) electrons. The Labute approximate surface area is 570 Å². The van der Waals surface area contributed by atoms with Crippen LogP contribution in [0.25, 0.3) is 0 Å². The minimum atomic E-state index is -1.50. The first kappa shape index (κ1) is 87.3. The number of nitrogens with zero attached hydrogens (tertiary/aromatic N) is 2. The summed E-state index contributed by atoms with van der Waals surface area (Å²) in [4.78, 5) is 102. The Hall–Kier alpha value is -4.92. The van der Waals surface area contributed by atoms with Gasteiger partial charge in [0.05, 0.1) is 90.1 Å². The Balaban J connectivity index is 0.000000510. The van der Waals surface area contributed by atoms with Gasteiger partial charge in [0.25, 0.3) is 0 Å². The molecular weight excluding hydrogens is 1310 g/mol. The number of unbranched alkanes of at least 4 members (excludes halogenated alkanes) is 4. The Kier molecular flexibility index (Phi) is 42.1. The van der Waals surface area contributed by atoms with Gasteiger partial charge in [-0.1, -0.05) is 19.8 Å². The van der Waals surface area contributed by atoms with E-state index in [4.69, 9.17) is 37.9 Å². The molecule has 20 atom stereocenters. The highest BCUT2D eigenvalue weighted by Gasteiger charge is 2.46. The van der Waals surface area contributed by atoms with E-state index in [1.165, 1.54) is 37.5 Å². The smallest absolute Gasteiger partial charge is 0.234 e. The number of aliphatic hydroxyl groups excluding tert-OH is 12. The molecule has 19 N–H and O–H groups in total. The van der Waals surface area contributed by atoms with E-state index >= 15 is 0 Å². The van der Waals surface area contributed by atoms with Crippen molar-refractivity contribution in [1.82, 2.24) is 47.0 Å². The molecule has 4 aliphatic rings. The van der Waals surface area contributed by atoms with Crippen LogP contribution in [0.1, 0.15) is 106 Å². The average molecular weight is 1420 g/mol. The van der Waals surface area contributed by atoms with Crippen molar-refractivity contribution in [2.24, 2.45) is 0 Å². The molecule has 0 aromatic rings. The fraction of sp³-hybridized carbons (Fsp3) is 0.869. The van der Waals surface area contributed by atoms with Gasteiger partial charge in [-0.3, -0.25) is 48.2 Å². The summed E-state index contributed by atoms with van der Waals surface area (Å²) in [6.45, 7) is 8.64. The quantitative estimate of drug-likeness (QED) is 0.0252. The standard InChI is InChI=1S/C31H56N4O14.C30H55N5O14/c1-4-8-20(36)9-6-5-7-10-32-21(37)15-35(16-22(38)33-11-13-46-30-28(44)26(42)24(40)18(2)48-30)17-23(39)34-12-14-47-31-29(45)27(43)25(41)19(3)49-31;1-4-31-19(36)8-6-5-7-9-32-20(37)14-35(15-21(38)33-10-12-46-29-27(44)25(42)23(40)17(2)48-29)16-22(39)34-11-13-47-30-28(45)26(43)24(41)18(3)49-30/h18-19,24-31,40-45H,4-17H2,1-3H3,(H,32,37)(H,33,38)(H,34,39);17-18,23-30,40-45H,4-16H2,1-3H3,(H,31,36)(H,32,37)(H,33,38)(H,34,39)/t18-,19-,24+,25+,26+,27+,28-,29-,30+,31+;17-,18-,23+,24+,25+,26+,27-,28-,29+,30+/m00/s1. The molecule has 98 heavy (non-hydrogen) atoms. The van der Waals surface area contributed by atoms with Crippen molar-refractivity contribution in [1.29, 1.82) is 0 Å². The van der Waals surface area contributed by atoms with Crippen LogP contribution in [-0.2, 0) is 76.3 Å². The topological polar surface area (TPSA) is 544 Å². The molecule has 0 aromatic carbocycles. The summed E-state index contributed by atoms with van der Waals surface area (Å²) < 4.78 is 43.0. The van der Waals surface area contributed by atoms with Crippen molar-refractivity contribution >= 4 is 47.1 Å². The molecule has 0 unspecified atom stereocenters. The van der Waals surface area contributed by atoms with Crippen molar-refractivity contribution in [2.45, 2.75) is 229 Å². The van der Waals surface area contributed by atoms with Crippen LogP contribution in [0.4, 0.5) is 0 Å². The molecule has 568 valence electrons. The molecule has 4 fully saturated rings. The first-order valence-electron chi connectivity index (χ1n) is 33.6. The number of aliphatic hydroxyl groups is 12. The second-order valence-corrected chi connectivity index (χ2v) is 24.5. The molecule has 4 saturated heterocycles. The highest BCUT2D eigenvalue weighted by Crippen LogP contribution is 2.25. The summed E-state index contributed by atoms with van der Waals surface area (Å²) in [5.41, 5.74) is 0. The van der Waals surface area contributed by atoms with Gasteiger partial charge in [-0.25, -0.2) is 0 Å².